The van der Waals surface area contributed by atoms with Crippen molar-refractivity contribution in [3.8, 4) is 5.69 Å². The van der Waals surface area contributed by atoms with Gasteiger partial charge in [-0.25, -0.2) is 0 Å². The summed E-state index contributed by atoms with van der Waals surface area (Å²) in [6.45, 7) is 1.76. The Morgan fingerprint density at radius 1 is 1.27 bits per heavy atom. The molecule has 4 heteroatoms. The Hall–Kier alpha value is -1.61. The van der Waals surface area contributed by atoms with Gasteiger partial charge in [0.15, 0.2) is 0 Å². The molecule has 0 unspecified atom stereocenters. The van der Waals surface area contributed by atoms with Crippen LogP contribution in [0.3, 0.4) is 0 Å². The lowest BCUT2D eigenvalue weighted by molar-refractivity contribution is 0.801. The highest BCUT2D eigenvalue weighted by molar-refractivity contribution is 6.31. The van der Waals surface area contributed by atoms with Crippen molar-refractivity contribution in [1.29, 1.82) is 0 Å². The van der Waals surface area contributed by atoms with Crippen LogP contribution in [0, 0.1) is 6.92 Å². The first kappa shape index (κ1) is 9.93. The van der Waals surface area contributed by atoms with Crippen LogP contribution in [0.15, 0.2) is 41.3 Å². The van der Waals surface area contributed by atoms with E-state index in [1.54, 1.807) is 25.3 Å². The molecule has 0 spiro atoms. The molecule has 0 fully saturated rings. The van der Waals surface area contributed by atoms with E-state index in [4.69, 9.17) is 11.6 Å². The van der Waals surface area contributed by atoms with Crippen LogP contribution in [-0.4, -0.2) is 9.78 Å². The summed E-state index contributed by atoms with van der Waals surface area (Å²) in [7, 11) is 0. The summed E-state index contributed by atoms with van der Waals surface area (Å²) in [5, 5.41) is 4.25. The fourth-order valence-corrected chi connectivity index (χ4v) is 1.40. The Labute approximate surface area is 91.9 Å². The molecule has 0 amide bonds. The molecule has 0 saturated carbocycles. The van der Waals surface area contributed by atoms with Crippen molar-refractivity contribution in [2.24, 2.45) is 0 Å². The summed E-state index contributed by atoms with van der Waals surface area (Å²) in [6.07, 6.45) is 1.58. The molecule has 0 saturated heterocycles. The van der Waals surface area contributed by atoms with Crippen LogP contribution in [0.25, 0.3) is 5.69 Å². The predicted molar refractivity (Wildman–Crippen MR) is 59.6 cm³/mol. The van der Waals surface area contributed by atoms with E-state index in [-0.39, 0.29) is 10.6 Å². The molecule has 3 nitrogen and oxygen atoms in total. The van der Waals surface area contributed by atoms with Crippen LogP contribution in [-0.2, 0) is 0 Å². The van der Waals surface area contributed by atoms with Gasteiger partial charge in [-0.3, -0.25) is 4.79 Å². The normalized spacial score (nSPS) is 10.3. The third-order valence-electron chi connectivity index (χ3n) is 2.09. The highest BCUT2D eigenvalue weighted by Gasteiger charge is 2.06. The van der Waals surface area contributed by atoms with Gasteiger partial charge in [0.25, 0.3) is 5.56 Å². The minimum Gasteiger partial charge on any atom is -0.266 e. The lowest BCUT2D eigenvalue weighted by Gasteiger charge is -2.05. The Kier molecular flexibility index (Phi) is 2.56. The quantitative estimate of drug-likeness (QED) is 0.739. The van der Waals surface area contributed by atoms with E-state index in [0.29, 0.717) is 11.3 Å². The van der Waals surface area contributed by atoms with Crippen molar-refractivity contribution >= 4 is 11.6 Å². The molecular formula is C11H9ClN2O. The molecule has 0 aliphatic carbocycles. The first-order valence-electron chi connectivity index (χ1n) is 4.50. The van der Waals surface area contributed by atoms with Crippen molar-refractivity contribution in [2.75, 3.05) is 0 Å². The molecule has 1 aromatic heterocycles. The minimum atomic E-state index is -0.289. The van der Waals surface area contributed by atoms with Crippen LogP contribution < -0.4 is 5.56 Å². The minimum absolute atomic E-state index is 0.217. The van der Waals surface area contributed by atoms with Gasteiger partial charge in [-0.15, -0.1) is 0 Å². The van der Waals surface area contributed by atoms with E-state index in [1.165, 1.54) is 4.68 Å². The first-order valence-corrected chi connectivity index (χ1v) is 4.88. The maximum atomic E-state index is 11.8. The van der Waals surface area contributed by atoms with Crippen molar-refractivity contribution in [1.82, 2.24) is 9.78 Å². The molecule has 0 N–H and O–H groups in total. The third kappa shape index (κ3) is 1.78. The van der Waals surface area contributed by atoms with E-state index >= 15 is 0 Å². The number of aromatic nitrogens is 2. The summed E-state index contributed by atoms with van der Waals surface area (Å²) < 4.78 is 1.29. The number of nitrogens with zero attached hydrogens (tertiary/aromatic N) is 2. The average Bonchev–Trinajstić information content (AvgIpc) is 2.27. The molecule has 1 aromatic carbocycles. The molecule has 0 radical (unpaired) electrons. The lowest BCUT2D eigenvalue weighted by atomic mass is 10.3. The molecule has 2 rings (SSSR count). The zero-order chi connectivity index (χ0) is 10.8. The second-order valence-corrected chi connectivity index (χ2v) is 3.57. The van der Waals surface area contributed by atoms with E-state index in [9.17, 15) is 4.79 Å². The van der Waals surface area contributed by atoms with Gasteiger partial charge in [-0.05, 0) is 24.6 Å². The standard InChI is InChI=1S/C11H9ClN2O/c1-8-7-13-14(11(15)10(8)12)9-5-3-2-4-6-9/h2-7H,1H3. The van der Waals surface area contributed by atoms with Crippen LogP contribution in [0.4, 0.5) is 0 Å². The van der Waals surface area contributed by atoms with Gasteiger partial charge in [-0.2, -0.15) is 9.78 Å². The number of rotatable bonds is 1. The largest absolute Gasteiger partial charge is 0.290 e. The second kappa shape index (κ2) is 3.87. The SMILES string of the molecule is Cc1cnn(-c2ccccc2)c(=O)c1Cl. The molecule has 2 aromatic rings. The zero-order valence-electron chi connectivity index (χ0n) is 8.14. The van der Waals surface area contributed by atoms with Crippen LogP contribution >= 0.6 is 11.6 Å². The summed E-state index contributed by atoms with van der Waals surface area (Å²) in [4.78, 5) is 11.8. The number of hydrogen-bond acceptors (Lipinski definition) is 2. The molecule has 0 bridgehead atoms. The number of benzene rings is 1. The Balaban J connectivity index is 2.66. The number of halogens is 1. The van der Waals surface area contributed by atoms with E-state index in [1.807, 2.05) is 18.2 Å². The Morgan fingerprint density at radius 2 is 1.93 bits per heavy atom. The lowest BCUT2D eigenvalue weighted by Crippen LogP contribution is -2.21. The molecule has 1 heterocycles. The molecule has 15 heavy (non-hydrogen) atoms. The van der Waals surface area contributed by atoms with Crippen molar-refractivity contribution in [3.63, 3.8) is 0 Å². The van der Waals surface area contributed by atoms with Crippen molar-refractivity contribution in [3.05, 3.63) is 57.5 Å². The average molecular weight is 221 g/mol. The predicted octanol–water partition coefficient (Wildman–Crippen LogP) is 2.19. The summed E-state index contributed by atoms with van der Waals surface area (Å²) >= 11 is 5.86. The maximum absolute atomic E-state index is 11.8. The van der Waals surface area contributed by atoms with Crippen molar-refractivity contribution < 1.29 is 0 Å². The van der Waals surface area contributed by atoms with Crippen LogP contribution in [0.2, 0.25) is 5.02 Å². The van der Waals surface area contributed by atoms with Gasteiger partial charge in [-0.1, -0.05) is 29.8 Å². The molecule has 0 aliphatic heterocycles. The van der Waals surface area contributed by atoms with Crippen molar-refractivity contribution in [2.45, 2.75) is 6.92 Å². The van der Waals surface area contributed by atoms with E-state index in [0.717, 1.165) is 0 Å². The fourth-order valence-electron chi connectivity index (χ4n) is 1.27. The highest BCUT2D eigenvalue weighted by atomic mass is 35.5. The Bertz CT molecular complexity index is 534. The van der Waals surface area contributed by atoms with Gasteiger partial charge >= 0.3 is 0 Å². The van der Waals surface area contributed by atoms with E-state index in [2.05, 4.69) is 5.10 Å². The first-order chi connectivity index (χ1) is 7.20. The fraction of sp³-hybridized carbons (Fsp3) is 0.0909. The zero-order valence-corrected chi connectivity index (χ0v) is 8.90. The van der Waals surface area contributed by atoms with Gasteiger partial charge < -0.3 is 0 Å². The number of aryl methyl sites for hydroxylation is 1. The summed E-state index contributed by atoms with van der Waals surface area (Å²) in [5.74, 6) is 0. The molecule has 76 valence electrons. The summed E-state index contributed by atoms with van der Waals surface area (Å²) in [5.41, 5.74) is 1.11. The van der Waals surface area contributed by atoms with Gasteiger partial charge in [0, 0.05) is 0 Å². The summed E-state index contributed by atoms with van der Waals surface area (Å²) in [6, 6.07) is 9.18. The number of hydrogen-bond donors (Lipinski definition) is 0. The molecule has 0 atom stereocenters. The maximum Gasteiger partial charge on any atom is 0.290 e. The van der Waals surface area contributed by atoms with Crippen LogP contribution in [0.1, 0.15) is 5.56 Å². The van der Waals surface area contributed by atoms with E-state index < -0.39 is 0 Å². The Morgan fingerprint density at radius 3 is 2.60 bits per heavy atom. The topological polar surface area (TPSA) is 34.9 Å². The van der Waals surface area contributed by atoms with Gasteiger partial charge in [0.1, 0.15) is 5.02 Å². The highest BCUT2D eigenvalue weighted by Crippen LogP contribution is 2.09. The second-order valence-electron chi connectivity index (χ2n) is 3.19. The monoisotopic (exact) mass is 220 g/mol. The molecule has 0 aliphatic rings. The molecular weight excluding hydrogens is 212 g/mol. The van der Waals surface area contributed by atoms with Gasteiger partial charge in [0.2, 0.25) is 0 Å². The van der Waals surface area contributed by atoms with Crippen LogP contribution in [0.5, 0.6) is 0 Å². The van der Waals surface area contributed by atoms with Gasteiger partial charge in [0.05, 0.1) is 11.9 Å². The smallest absolute Gasteiger partial charge is 0.266 e. The number of para-hydroxylation sites is 1. The third-order valence-corrected chi connectivity index (χ3v) is 2.55.